The Bertz CT molecular complexity index is 2830. The van der Waals surface area contributed by atoms with E-state index in [1.165, 1.54) is 11.3 Å². The predicted octanol–water partition coefficient (Wildman–Crippen LogP) is 7.46. The van der Waals surface area contributed by atoms with E-state index in [0.717, 1.165) is 142 Å². The van der Waals surface area contributed by atoms with Crippen LogP contribution in [0.4, 0.5) is 26.0 Å². The van der Waals surface area contributed by atoms with Gasteiger partial charge in [-0.2, -0.15) is 5.10 Å². The van der Waals surface area contributed by atoms with E-state index in [1.54, 1.807) is 24.4 Å². The number of aryl methyl sites for hydroxylation is 1. The van der Waals surface area contributed by atoms with Gasteiger partial charge in [-0.3, -0.25) is 39.1 Å². The van der Waals surface area contributed by atoms with Gasteiger partial charge in [-0.25, -0.2) is 8.78 Å². The molecule has 17 heteroatoms. The summed E-state index contributed by atoms with van der Waals surface area (Å²) in [5, 5.41) is 8.33. The molecule has 1 N–H and O–H groups in total. The molecule has 1 unspecified atom stereocenters. The number of amides is 4. The van der Waals surface area contributed by atoms with Gasteiger partial charge in [-0.15, -0.1) is 0 Å². The molecule has 15 nitrogen and oxygen atoms in total. The summed E-state index contributed by atoms with van der Waals surface area (Å²) in [7, 11) is 2.14. The minimum absolute atomic E-state index is 0.0271. The van der Waals surface area contributed by atoms with Crippen LogP contribution in [0.1, 0.15) is 120 Å². The molecule has 0 spiro atoms. The maximum Gasteiger partial charge on any atom is 0.264 e. The highest BCUT2D eigenvalue weighted by atomic mass is 19.3. The van der Waals surface area contributed by atoms with Crippen LogP contribution in [0, 0.1) is 5.92 Å². The van der Waals surface area contributed by atoms with Crippen LogP contribution in [0.2, 0.25) is 0 Å². The van der Waals surface area contributed by atoms with Crippen molar-refractivity contribution in [3.8, 4) is 11.1 Å². The smallest absolute Gasteiger partial charge is 0.264 e. The van der Waals surface area contributed by atoms with Crippen molar-refractivity contribution in [1.29, 1.82) is 0 Å². The molecule has 3 fully saturated rings. The molecule has 9 heterocycles. The number of anilines is 3. The molecule has 0 radical (unpaired) electrons. The zero-order valence-electron chi connectivity index (χ0n) is 40.1. The number of rotatable bonds is 13. The van der Waals surface area contributed by atoms with Gasteiger partial charge in [0.2, 0.25) is 12.3 Å². The third-order valence-corrected chi connectivity index (χ3v) is 16.0. The SMILES string of the molecule is CCCC(C(=O)NC=O)N1C(=O)c2cccc(N3CCC(CN4CC[C@@H](n5cc(-c6cc7c(cc6C(F)F)N(c6nn(C8CCOCC8)c8c6CN(C)CC8)CCC7)c6cnccc65)C4)CC3)c2C1=O. The molecule has 6 aliphatic rings. The quantitative estimate of drug-likeness (QED) is 0.0929. The summed E-state index contributed by atoms with van der Waals surface area (Å²) in [5.41, 5.74) is 8.05. The minimum Gasteiger partial charge on any atom is -0.381 e. The number of hydrogen-bond acceptors (Lipinski definition) is 11. The Balaban J connectivity index is 0.806. The Morgan fingerprint density at radius 3 is 2.54 bits per heavy atom. The fourth-order valence-electron chi connectivity index (χ4n) is 12.5. The van der Waals surface area contributed by atoms with Gasteiger partial charge in [-0.1, -0.05) is 19.4 Å². The number of likely N-dealkylation sites (tertiary alicyclic amines) is 1. The lowest BCUT2D eigenvalue weighted by Crippen LogP contribution is -2.49. The van der Waals surface area contributed by atoms with Crippen LogP contribution in [0.25, 0.3) is 22.0 Å². The molecule has 70 heavy (non-hydrogen) atoms. The van der Waals surface area contributed by atoms with E-state index in [2.05, 4.69) is 52.4 Å². The number of aromatic nitrogens is 4. The van der Waals surface area contributed by atoms with Crippen molar-refractivity contribution in [3.63, 3.8) is 0 Å². The lowest BCUT2D eigenvalue weighted by molar-refractivity contribution is -0.128. The second-order valence-electron chi connectivity index (χ2n) is 20.2. The van der Waals surface area contributed by atoms with Gasteiger partial charge in [-0.05, 0) is 106 Å². The Kier molecular flexibility index (Phi) is 12.8. The van der Waals surface area contributed by atoms with Crippen LogP contribution in [0.5, 0.6) is 0 Å². The number of ether oxygens (including phenoxy) is 1. The van der Waals surface area contributed by atoms with E-state index in [1.807, 2.05) is 31.3 Å². The van der Waals surface area contributed by atoms with E-state index >= 15 is 8.78 Å². The topological polar surface area (TPSA) is 141 Å². The van der Waals surface area contributed by atoms with E-state index in [-0.39, 0.29) is 36.0 Å². The molecule has 11 rings (SSSR count). The molecule has 0 aliphatic carbocycles. The van der Waals surface area contributed by atoms with Crippen molar-refractivity contribution in [2.75, 3.05) is 75.9 Å². The molecule has 2 aromatic carbocycles. The van der Waals surface area contributed by atoms with E-state index in [4.69, 9.17) is 9.84 Å². The first-order valence-electron chi connectivity index (χ1n) is 25.4. The van der Waals surface area contributed by atoms with Gasteiger partial charge in [0.15, 0.2) is 5.82 Å². The van der Waals surface area contributed by atoms with Gasteiger partial charge >= 0.3 is 0 Å². The second-order valence-corrected chi connectivity index (χ2v) is 20.2. The first-order chi connectivity index (χ1) is 34.1. The third kappa shape index (κ3) is 8.26. The number of benzene rings is 2. The first-order valence-corrected chi connectivity index (χ1v) is 25.4. The van der Waals surface area contributed by atoms with E-state index < -0.39 is 30.2 Å². The van der Waals surface area contributed by atoms with Gasteiger partial charge < -0.3 is 28.9 Å². The normalized spacial score (nSPS) is 20.9. The molecular weight excluding hydrogens is 895 g/mol. The van der Waals surface area contributed by atoms with Crippen molar-refractivity contribution >= 4 is 52.2 Å². The monoisotopic (exact) mass is 956 g/mol. The third-order valence-electron chi connectivity index (χ3n) is 16.0. The summed E-state index contributed by atoms with van der Waals surface area (Å²) in [6.07, 6.45) is 11.3. The standard InChI is InChI=1S/C53H62F2N10O5/c1-3-6-46(51(67)57-32-66)64-52(68)37-8-4-9-45(48(37)53(64)69)61-21-11-33(12-22-61)28-60-20-13-36(29-60)63-31-41(40-27-56-17-10-43(40)63)38-25-34-7-5-18-62(47(34)26-39(38)49(54)55)50-42-30-59(2)19-14-44(42)65(58-50)35-15-23-70-24-16-35/h4,8-10,17,25-27,31-33,35-36,46,49H,3,5-7,11-16,18-24,28-30H2,1-2H3,(H,57,66,67)/t36-,46?/m1/s1. The summed E-state index contributed by atoms with van der Waals surface area (Å²) in [4.78, 5) is 66.2. The fraction of sp³-hybridized carbons (Fsp3) is 0.509. The molecule has 368 valence electrons. The van der Waals surface area contributed by atoms with Crippen molar-refractivity contribution in [2.45, 2.75) is 102 Å². The van der Waals surface area contributed by atoms with Crippen molar-refractivity contribution in [3.05, 3.63) is 88.5 Å². The average Bonchev–Trinajstić information content (AvgIpc) is 4.16. The minimum atomic E-state index is -2.69. The van der Waals surface area contributed by atoms with Gasteiger partial charge in [0.25, 0.3) is 18.2 Å². The number of nitrogens with one attached hydrogen (secondary N) is 1. The highest BCUT2D eigenvalue weighted by Gasteiger charge is 2.45. The Labute approximate surface area is 406 Å². The van der Waals surface area contributed by atoms with Crippen LogP contribution in [-0.4, -0.2) is 130 Å². The number of alkyl halides is 2. The lowest BCUT2D eigenvalue weighted by Gasteiger charge is -2.36. The van der Waals surface area contributed by atoms with Crippen LogP contribution in [-0.2, 0) is 33.7 Å². The largest absolute Gasteiger partial charge is 0.381 e. The van der Waals surface area contributed by atoms with Gasteiger partial charge in [0, 0.05) is 130 Å². The van der Waals surface area contributed by atoms with Gasteiger partial charge in [0.1, 0.15) is 6.04 Å². The second kappa shape index (κ2) is 19.3. The maximum absolute atomic E-state index is 15.6. The first kappa shape index (κ1) is 46.3. The fourth-order valence-corrected chi connectivity index (χ4v) is 12.5. The van der Waals surface area contributed by atoms with E-state index in [9.17, 15) is 19.2 Å². The number of likely N-dealkylation sites (N-methyl/N-ethyl adjacent to an activating group) is 1. The zero-order chi connectivity index (χ0) is 48.2. The highest BCUT2D eigenvalue weighted by molar-refractivity contribution is 6.25. The summed E-state index contributed by atoms with van der Waals surface area (Å²) in [5.74, 6) is -0.355. The number of fused-ring (bicyclic) bond motifs is 4. The number of carbonyl (C=O) groups excluding carboxylic acids is 4. The predicted molar refractivity (Wildman–Crippen MR) is 262 cm³/mol. The van der Waals surface area contributed by atoms with Crippen molar-refractivity contribution in [2.24, 2.45) is 5.92 Å². The summed E-state index contributed by atoms with van der Waals surface area (Å²) < 4.78 is 41.4. The van der Waals surface area contributed by atoms with Crippen LogP contribution in [0.3, 0.4) is 0 Å². The molecule has 2 atom stereocenters. The number of imide groups is 2. The van der Waals surface area contributed by atoms with Crippen LogP contribution in [0.15, 0.2) is 55.0 Å². The molecule has 3 saturated heterocycles. The summed E-state index contributed by atoms with van der Waals surface area (Å²) in [6, 6.07) is 10.5. The molecule has 6 aliphatic heterocycles. The van der Waals surface area contributed by atoms with E-state index in [0.29, 0.717) is 42.2 Å². The zero-order valence-corrected chi connectivity index (χ0v) is 40.1. The Morgan fingerprint density at radius 2 is 1.76 bits per heavy atom. The maximum atomic E-state index is 15.6. The Hall–Kier alpha value is -6.04. The molecule has 0 bridgehead atoms. The number of hydrogen-bond donors (Lipinski definition) is 1. The Morgan fingerprint density at radius 1 is 0.929 bits per heavy atom. The average molecular weight is 957 g/mol. The van der Waals surface area contributed by atoms with Gasteiger partial charge in [0.05, 0.1) is 28.4 Å². The number of carbonyl (C=O) groups is 4. The van der Waals surface area contributed by atoms with Crippen LogP contribution >= 0.6 is 0 Å². The van der Waals surface area contributed by atoms with Crippen molar-refractivity contribution < 1.29 is 32.7 Å². The number of piperidine rings is 1. The van der Waals surface area contributed by atoms with Crippen LogP contribution < -0.4 is 15.1 Å². The number of nitrogens with zero attached hydrogens (tertiary/aromatic N) is 9. The number of pyridine rings is 1. The molecule has 0 saturated carbocycles. The summed E-state index contributed by atoms with van der Waals surface area (Å²) in [6.45, 7) is 9.87. The highest BCUT2D eigenvalue weighted by Crippen LogP contribution is 2.46. The molecule has 5 aromatic rings. The molecule has 3 aromatic heterocycles. The lowest BCUT2D eigenvalue weighted by atomic mass is 9.91. The van der Waals surface area contributed by atoms with Crippen molar-refractivity contribution in [1.82, 2.24) is 39.3 Å². The molecular formula is C53H62F2N10O5. The molecule has 4 amide bonds. The number of halogens is 2. The summed E-state index contributed by atoms with van der Waals surface area (Å²) >= 11 is 0.